The first-order chi connectivity index (χ1) is 11.1. The van der Waals surface area contributed by atoms with Gasteiger partial charge in [0.25, 0.3) is 0 Å². The third kappa shape index (κ3) is 3.67. The highest BCUT2D eigenvalue weighted by Gasteiger charge is 2.52. The van der Waals surface area contributed by atoms with Crippen LogP contribution in [0.1, 0.15) is 40.2 Å². The summed E-state index contributed by atoms with van der Waals surface area (Å²) >= 11 is 0. The minimum Gasteiger partial charge on any atom is -0.463 e. The van der Waals surface area contributed by atoms with Crippen LogP contribution in [0, 0.1) is 11.6 Å². The average Bonchev–Trinajstić information content (AvgIpc) is 2.68. The van der Waals surface area contributed by atoms with Crippen molar-refractivity contribution >= 4 is 24.6 Å². The Hall–Kier alpha value is -1.73. The number of ether oxygens (including phenoxy) is 1. The summed E-state index contributed by atoms with van der Waals surface area (Å²) in [7, 11) is -1.03. The zero-order valence-corrected chi connectivity index (χ0v) is 14.5. The zero-order chi connectivity index (χ0) is 18.1. The largest absolute Gasteiger partial charge is 0.497 e. The van der Waals surface area contributed by atoms with Gasteiger partial charge in [0.05, 0.1) is 17.8 Å². The second-order valence-electron chi connectivity index (χ2n) is 6.58. The molecule has 1 saturated heterocycles. The number of hydrogen-bond donors (Lipinski definition) is 0. The van der Waals surface area contributed by atoms with E-state index < -0.39 is 35.9 Å². The standard InChI is InChI=1S/C17H21BF2O4/c1-6-22-14(21)8-7-11-9-12(15(20)13(19)10-11)18-23-16(2,3)17(4,5)24-18/h7-10H,6H2,1-5H3. The van der Waals surface area contributed by atoms with E-state index in [0.29, 0.717) is 5.56 Å². The minimum absolute atomic E-state index is 0.0443. The summed E-state index contributed by atoms with van der Waals surface area (Å²) in [6, 6.07) is 2.40. The van der Waals surface area contributed by atoms with Crippen LogP contribution in [0.5, 0.6) is 0 Å². The van der Waals surface area contributed by atoms with Crippen LogP contribution in [-0.4, -0.2) is 30.9 Å². The van der Waals surface area contributed by atoms with E-state index in [4.69, 9.17) is 14.0 Å². The van der Waals surface area contributed by atoms with E-state index in [9.17, 15) is 13.6 Å². The van der Waals surface area contributed by atoms with Crippen molar-refractivity contribution in [3.8, 4) is 0 Å². The van der Waals surface area contributed by atoms with Gasteiger partial charge >= 0.3 is 13.1 Å². The highest BCUT2D eigenvalue weighted by Crippen LogP contribution is 2.36. The summed E-state index contributed by atoms with van der Waals surface area (Å²) in [5.41, 5.74) is -1.07. The molecule has 0 radical (unpaired) electrons. The van der Waals surface area contributed by atoms with Crippen molar-refractivity contribution in [2.75, 3.05) is 6.61 Å². The number of esters is 1. The molecule has 0 amide bonds. The SMILES string of the molecule is CCOC(=O)C=Cc1cc(F)c(F)c(B2OC(C)(C)C(C)(C)O2)c1. The molecule has 0 aliphatic carbocycles. The fourth-order valence-electron chi connectivity index (χ4n) is 2.22. The van der Waals surface area contributed by atoms with Crippen LogP contribution in [0.3, 0.4) is 0 Å². The summed E-state index contributed by atoms with van der Waals surface area (Å²) in [6.07, 6.45) is 2.51. The summed E-state index contributed by atoms with van der Waals surface area (Å²) in [4.78, 5) is 11.4. The predicted octanol–water partition coefficient (Wildman–Crippen LogP) is 2.84. The molecule has 0 spiro atoms. The smallest absolute Gasteiger partial charge is 0.463 e. The van der Waals surface area contributed by atoms with Gasteiger partial charge in [-0.05, 0) is 52.3 Å². The number of halogens is 2. The number of hydrogen-bond acceptors (Lipinski definition) is 4. The van der Waals surface area contributed by atoms with Gasteiger partial charge < -0.3 is 14.0 Å². The first-order valence-electron chi connectivity index (χ1n) is 7.77. The van der Waals surface area contributed by atoms with Crippen LogP contribution in [-0.2, 0) is 18.8 Å². The lowest BCUT2D eigenvalue weighted by molar-refractivity contribution is -0.137. The summed E-state index contributed by atoms with van der Waals surface area (Å²) < 4.78 is 44.4. The fourth-order valence-corrected chi connectivity index (χ4v) is 2.22. The quantitative estimate of drug-likeness (QED) is 0.481. The van der Waals surface area contributed by atoms with Crippen molar-refractivity contribution in [1.82, 2.24) is 0 Å². The van der Waals surface area contributed by atoms with Gasteiger partial charge in [0.1, 0.15) is 0 Å². The Bertz CT molecular complexity index is 655. The van der Waals surface area contributed by atoms with E-state index in [1.54, 1.807) is 6.92 Å². The lowest BCUT2D eigenvalue weighted by Crippen LogP contribution is -2.41. The summed E-state index contributed by atoms with van der Waals surface area (Å²) in [6.45, 7) is 9.22. The molecule has 0 bridgehead atoms. The number of carbonyl (C=O) groups is 1. The molecule has 1 heterocycles. The molecule has 1 aromatic carbocycles. The molecule has 1 fully saturated rings. The lowest BCUT2D eigenvalue weighted by atomic mass is 9.77. The highest BCUT2D eigenvalue weighted by molar-refractivity contribution is 6.62. The molecule has 4 nitrogen and oxygen atoms in total. The molecule has 0 atom stereocenters. The second kappa shape index (κ2) is 6.65. The van der Waals surface area contributed by atoms with Gasteiger partial charge in [-0.3, -0.25) is 0 Å². The van der Waals surface area contributed by atoms with E-state index in [0.717, 1.165) is 12.1 Å². The molecule has 2 rings (SSSR count). The molecule has 0 aromatic heterocycles. The first-order valence-corrected chi connectivity index (χ1v) is 7.77. The van der Waals surface area contributed by atoms with Crippen molar-refractivity contribution in [3.63, 3.8) is 0 Å². The summed E-state index contributed by atoms with van der Waals surface area (Å²) in [5.74, 6) is -2.62. The van der Waals surface area contributed by atoms with Crippen LogP contribution >= 0.6 is 0 Å². The maximum absolute atomic E-state index is 14.2. The predicted molar refractivity (Wildman–Crippen MR) is 87.7 cm³/mol. The summed E-state index contributed by atoms with van der Waals surface area (Å²) in [5, 5.41) is 0. The van der Waals surface area contributed by atoms with E-state index in [1.165, 1.54) is 12.1 Å². The van der Waals surface area contributed by atoms with Crippen LogP contribution in [0.4, 0.5) is 8.78 Å². The molecule has 1 aliphatic rings. The third-order valence-corrected chi connectivity index (χ3v) is 4.28. The van der Waals surface area contributed by atoms with E-state index in [2.05, 4.69) is 0 Å². The topological polar surface area (TPSA) is 44.8 Å². The van der Waals surface area contributed by atoms with Gasteiger partial charge in [-0.25, -0.2) is 13.6 Å². The Kier molecular flexibility index (Phi) is 5.15. The maximum Gasteiger partial charge on any atom is 0.497 e. The monoisotopic (exact) mass is 338 g/mol. The molecule has 24 heavy (non-hydrogen) atoms. The Morgan fingerprint density at radius 2 is 1.79 bits per heavy atom. The van der Waals surface area contributed by atoms with E-state index in [1.807, 2.05) is 27.7 Å². The molecular weight excluding hydrogens is 317 g/mol. The van der Waals surface area contributed by atoms with Crippen molar-refractivity contribution in [3.05, 3.63) is 35.4 Å². The van der Waals surface area contributed by atoms with Crippen molar-refractivity contribution in [2.45, 2.75) is 45.8 Å². The Morgan fingerprint density at radius 1 is 1.21 bits per heavy atom. The van der Waals surface area contributed by atoms with Crippen LogP contribution in [0.2, 0.25) is 0 Å². The second-order valence-corrected chi connectivity index (χ2v) is 6.58. The van der Waals surface area contributed by atoms with Gasteiger partial charge in [-0.15, -0.1) is 0 Å². The van der Waals surface area contributed by atoms with Crippen molar-refractivity contribution < 1.29 is 27.6 Å². The van der Waals surface area contributed by atoms with Crippen LogP contribution in [0.15, 0.2) is 18.2 Å². The third-order valence-electron chi connectivity index (χ3n) is 4.28. The van der Waals surface area contributed by atoms with Gasteiger partial charge in [0.15, 0.2) is 11.6 Å². The van der Waals surface area contributed by atoms with Gasteiger partial charge in [-0.1, -0.05) is 6.07 Å². The van der Waals surface area contributed by atoms with Gasteiger partial charge in [0.2, 0.25) is 0 Å². The molecule has 130 valence electrons. The molecule has 0 unspecified atom stereocenters. The molecule has 1 aliphatic heterocycles. The number of benzene rings is 1. The molecule has 7 heteroatoms. The normalized spacial score (nSPS) is 19.0. The number of carbonyl (C=O) groups excluding carboxylic acids is 1. The molecular formula is C17H21BF2O4. The number of rotatable bonds is 4. The lowest BCUT2D eigenvalue weighted by Gasteiger charge is -2.32. The van der Waals surface area contributed by atoms with E-state index in [-0.39, 0.29) is 12.1 Å². The average molecular weight is 338 g/mol. The fraction of sp³-hybridized carbons (Fsp3) is 0.471. The highest BCUT2D eigenvalue weighted by atomic mass is 19.2. The van der Waals surface area contributed by atoms with Crippen molar-refractivity contribution in [1.29, 1.82) is 0 Å². The first kappa shape index (κ1) is 18.6. The minimum atomic E-state index is -1.04. The Labute approximate surface area is 140 Å². The Balaban J connectivity index is 2.33. The molecule has 0 N–H and O–H groups in total. The van der Waals surface area contributed by atoms with E-state index >= 15 is 0 Å². The van der Waals surface area contributed by atoms with Crippen LogP contribution in [0.25, 0.3) is 6.08 Å². The zero-order valence-electron chi connectivity index (χ0n) is 14.5. The van der Waals surface area contributed by atoms with Crippen LogP contribution < -0.4 is 5.46 Å². The van der Waals surface area contributed by atoms with Gasteiger partial charge in [-0.2, -0.15) is 0 Å². The van der Waals surface area contributed by atoms with Crippen molar-refractivity contribution in [2.24, 2.45) is 0 Å². The molecule has 0 saturated carbocycles. The maximum atomic E-state index is 14.2. The Morgan fingerprint density at radius 3 is 2.33 bits per heavy atom. The molecule has 1 aromatic rings. The van der Waals surface area contributed by atoms with Gasteiger partial charge in [0, 0.05) is 11.5 Å².